The van der Waals surface area contributed by atoms with Gasteiger partial charge in [0.2, 0.25) is 0 Å². The molecule has 0 atom stereocenters. The number of rotatable bonds is 0. The molecule has 0 N–H and O–H groups in total. The van der Waals surface area contributed by atoms with Crippen molar-refractivity contribution < 1.29 is 51.7 Å². The Hall–Kier alpha value is -5.19. The van der Waals surface area contributed by atoms with E-state index in [2.05, 4.69) is 0 Å². The first-order valence-electron chi connectivity index (χ1n) is 12.7. The van der Waals surface area contributed by atoms with Gasteiger partial charge in [0.25, 0.3) is 0 Å². The van der Waals surface area contributed by atoms with Crippen LogP contribution in [0, 0.1) is 0 Å². The van der Waals surface area contributed by atoms with Crippen molar-refractivity contribution in [3.8, 4) is 34.5 Å². The average molecular weight is 742 g/mol. The molecule has 0 aromatic heterocycles. The third-order valence-electron chi connectivity index (χ3n) is 4.46. The number of hydrogen-bond donors (Lipinski definition) is 0. The Morgan fingerprint density at radius 1 is 0.186 bits per heavy atom. The normalized spacial score (nSPS) is 8.37. The number of hydrogen-bond acceptors (Lipinski definition) is 6. The maximum absolute atomic E-state index is 10.3. The van der Waals surface area contributed by atoms with Gasteiger partial charge in [-0.3, -0.25) is 0 Å². The first-order valence-corrected chi connectivity index (χ1v) is 12.7. The fourth-order valence-corrected chi connectivity index (χ4v) is 2.52. The van der Waals surface area contributed by atoms with Crippen molar-refractivity contribution in [1.29, 1.82) is 0 Å². The van der Waals surface area contributed by atoms with E-state index in [4.69, 9.17) is 0 Å². The van der Waals surface area contributed by atoms with E-state index in [-0.39, 0.29) is 55.6 Å². The number of benzene rings is 6. The summed E-state index contributed by atoms with van der Waals surface area (Å²) in [5.74, 6) is 0.431. The zero-order valence-electron chi connectivity index (χ0n) is 23.2. The van der Waals surface area contributed by atoms with Crippen molar-refractivity contribution in [2.45, 2.75) is 0 Å². The molecule has 0 spiro atoms. The first kappa shape index (κ1) is 37.8. The fourth-order valence-electron chi connectivity index (χ4n) is 2.52. The van der Waals surface area contributed by atoms with Crippen LogP contribution in [0.5, 0.6) is 34.5 Å². The van der Waals surface area contributed by atoms with Gasteiger partial charge in [0.1, 0.15) is 0 Å². The standard InChI is InChI=1S/6C6H6O.W/c6*7-6-4-2-1-3-5-6;/h6*1-5,7H;/q;;;;;;+6/p-6. The monoisotopic (exact) mass is 742 g/mol. The largest absolute Gasteiger partial charge is 6.00 e. The predicted octanol–water partition coefficient (Wildman–Crippen LogP) is 4.56. The van der Waals surface area contributed by atoms with Gasteiger partial charge in [-0.1, -0.05) is 182 Å². The zero-order valence-corrected chi connectivity index (χ0v) is 26.1. The van der Waals surface area contributed by atoms with Gasteiger partial charge in [-0.15, -0.1) is 34.5 Å². The van der Waals surface area contributed by atoms with Gasteiger partial charge in [-0.2, -0.15) is 0 Å². The molecule has 6 nitrogen and oxygen atoms in total. The molecule has 0 heterocycles. The molecule has 0 amide bonds. The third kappa shape index (κ3) is 24.3. The summed E-state index contributed by atoms with van der Waals surface area (Å²) in [6.07, 6.45) is 0. The Morgan fingerprint density at radius 2 is 0.279 bits per heavy atom. The fraction of sp³-hybridized carbons (Fsp3) is 0. The second-order valence-corrected chi connectivity index (χ2v) is 7.88. The van der Waals surface area contributed by atoms with E-state index in [1.54, 1.807) is 72.8 Å². The molecule has 6 rings (SSSR count). The van der Waals surface area contributed by atoms with Gasteiger partial charge in [0.05, 0.1) is 0 Å². The summed E-state index contributed by atoms with van der Waals surface area (Å²) in [5.41, 5.74) is 0. The van der Waals surface area contributed by atoms with Crippen LogP contribution in [-0.2, 0) is 21.1 Å². The van der Waals surface area contributed by atoms with Crippen molar-refractivity contribution in [2.24, 2.45) is 0 Å². The summed E-state index contributed by atoms with van der Waals surface area (Å²) >= 11 is 0. The van der Waals surface area contributed by atoms with Crippen LogP contribution in [0.2, 0.25) is 0 Å². The molecule has 0 aliphatic carbocycles. The molecule has 0 radical (unpaired) electrons. The van der Waals surface area contributed by atoms with Crippen molar-refractivity contribution in [2.75, 3.05) is 0 Å². The molecule has 7 heteroatoms. The second-order valence-electron chi connectivity index (χ2n) is 7.88. The molecule has 0 unspecified atom stereocenters. The van der Waals surface area contributed by atoms with Gasteiger partial charge in [0.15, 0.2) is 0 Å². The van der Waals surface area contributed by atoms with Crippen molar-refractivity contribution in [1.82, 2.24) is 0 Å². The summed E-state index contributed by atoms with van der Waals surface area (Å²) in [4.78, 5) is 0. The van der Waals surface area contributed by atoms with Crippen LogP contribution in [0.1, 0.15) is 0 Å². The Kier molecular flexibility index (Phi) is 22.6. The Bertz CT molecular complexity index is 1100. The molecule has 0 saturated carbocycles. The molecule has 6 aromatic rings. The summed E-state index contributed by atoms with van der Waals surface area (Å²) in [7, 11) is 0. The Balaban J connectivity index is 0.000000490. The molecule has 0 aliphatic heterocycles. The van der Waals surface area contributed by atoms with E-state index in [1.807, 2.05) is 36.4 Å². The average Bonchev–Trinajstić information content (AvgIpc) is 3.01. The molecule has 43 heavy (non-hydrogen) atoms. The Morgan fingerprint density at radius 3 is 0.326 bits per heavy atom. The summed E-state index contributed by atoms with van der Waals surface area (Å²) in [6, 6.07) is 50.0. The van der Waals surface area contributed by atoms with Crippen LogP contribution in [-0.4, -0.2) is 0 Å². The summed E-state index contributed by atoms with van der Waals surface area (Å²) in [5, 5.41) is 61.6. The summed E-state index contributed by atoms with van der Waals surface area (Å²) in [6.45, 7) is 0. The molecular weight excluding hydrogens is 712 g/mol. The van der Waals surface area contributed by atoms with E-state index < -0.39 is 0 Å². The van der Waals surface area contributed by atoms with E-state index in [1.165, 1.54) is 72.8 Å². The van der Waals surface area contributed by atoms with E-state index in [0.29, 0.717) is 0 Å². The number of para-hydroxylation sites is 6. The van der Waals surface area contributed by atoms with Gasteiger partial charge >= 0.3 is 21.1 Å². The first-order chi connectivity index (χ1) is 20.4. The maximum atomic E-state index is 10.3. The smallest absolute Gasteiger partial charge is 0.872 e. The topological polar surface area (TPSA) is 138 Å². The van der Waals surface area contributed by atoms with Gasteiger partial charge in [0, 0.05) is 0 Å². The van der Waals surface area contributed by atoms with Gasteiger partial charge in [-0.05, 0) is 0 Å². The van der Waals surface area contributed by atoms with Crippen LogP contribution in [0.15, 0.2) is 182 Å². The molecule has 216 valence electrons. The van der Waals surface area contributed by atoms with Gasteiger partial charge < -0.3 is 30.6 Å². The SMILES string of the molecule is [O-]c1ccccc1.[O-]c1ccccc1.[O-]c1ccccc1.[O-]c1ccccc1.[O-]c1ccccc1.[O-]c1ccccc1.[W+6]. The van der Waals surface area contributed by atoms with Crippen molar-refractivity contribution >= 4 is 0 Å². The summed E-state index contributed by atoms with van der Waals surface area (Å²) < 4.78 is 0. The quantitative estimate of drug-likeness (QED) is 0.224. The third-order valence-corrected chi connectivity index (χ3v) is 4.46. The molecule has 0 saturated heterocycles. The maximum Gasteiger partial charge on any atom is 6.00 e. The van der Waals surface area contributed by atoms with E-state index >= 15 is 0 Å². The molecule has 0 bridgehead atoms. The van der Waals surface area contributed by atoms with Crippen LogP contribution in [0.3, 0.4) is 0 Å². The van der Waals surface area contributed by atoms with Crippen LogP contribution in [0.25, 0.3) is 0 Å². The zero-order chi connectivity index (χ0) is 30.7. The molecule has 0 aliphatic rings. The minimum Gasteiger partial charge on any atom is -0.872 e. The molecular formula is C36H30O6W. The predicted molar refractivity (Wildman–Crippen MR) is 155 cm³/mol. The second kappa shape index (κ2) is 25.8. The van der Waals surface area contributed by atoms with Crippen LogP contribution in [0.4, 0.5) is 0 Å². The Labute approximate surface area is 267 Å². The minimum absolute atomic E-state index is 0. The minimum atomic E-state index is 0. The molecule has 0 fully saturated rings. The van der Waals surface area contributed by atoms with Crippen LogP contribution < -0.4 is 30.6 Å². The van der Waals surface area contributed by atoms with E-state index in [9.17, 15) is 30.6 Å². The van der Waals surface area contributed by atoms with E-state index in [0.717, 1.165) is 0 Å². The van der Waals surface area contributed by atoms with Crippen molar-refractivity contribution in [3.63, 3.8) is 0 Å². The molecule has 6 aromatic carbocycles. The van der Waals surface area contributed by atoms with Gasteiger partial charge in [-0.25, -0.2) is 0 Å². The van der Waals surface area contributed by atoms with Crippen molar-refractivity contribution in [3.05, 3.63) is 182 Å². The van der Waals surface area contributed by atoms with Crippen LogP contribution >= 0.6 is 0 Å².